The van der Waals surface area contributed by atoms with Crippen molar-refractivity contribution in [3.63, 3.8) is 0 Å². The highest BCUT2D eigenvalue weighted by molar-refractivity contribution is 5.92. The van der Waals surface area contributed by atoms with E-state index in [1.54, 1.807) is 0 Å². The van der Waals surface area contributed by atoms with Gasteiger partial charge in [-0.15, -0.1) is 0 Å². The molecule has 4 N–H and O–H groups in total. The van der Waals surface area contributed by atoms with E-state index >= 15 is 0 Å². The third-order valence-corrected chi connectivity index (χ3v) is 6.82. The van der Waals surface area contributed by atoms with Gasteiger partial charge in [0.1, 0.15) is 18.4 Å². The molecule has 1 saturated carbocycles. The van der Waals surface area contributed by atoms with E-state index < -0.39 is 23.6 Å². The van der Waals surface area contributed by atoms with Crippen LogP contribution < -0.4 is 20.7 Å². The largest absolute Gasteiger partial charge is 0.492 e. The molecule has 1 aliphatic carbocycles. The van der Waals surface area contributed by atoms with Gasteiger partial charge in [-0.3, -0.25) is 14.4 Å². The minimum atomic E-state index is -1.52. The Morgan fingerprint density at radius 3 is 2.50 bits per heavy atom. The van der Waals surface area contributed by atoms with Crippen LogP contribution in [0.4, 0.5) is 0 Å². The molecule has 1 fully saturated rings. The normalized spacial score (nSPS) is 25.0. The van der Waals surface area contributed by atoms with Crippen molar-refractivity contribution < 1.29 is 24.2 Å². The molecule has 36 heavy (non-hydrogen) atoms. The van der Waals surface area contributed by atoms with Crippen LogP contribution in [-0.2, 0) is 14.4 Å². The van der Waals surface area contributed by atoms with Crippen LogP contribution in [0.1, 0.15) is 51.5 Å². The second-order valence-electron chi connectivity index (χ2n) is 10.1. The van der Waals surface area contributed by atoms with Gasteiger partial charge in [-0.25, -0.2) is 0 Å². The summed E-state index contributed by atoms with van der Waals surface area (Å²) in [5.74, 6) is -0.354. The molecule has 2 unspecified atom stereocenters. The first-order chi connectivity index (χ1) is 17.2. The number of nitrogens with one attached hydrogen (secondary N) is 3. The fourth-order valence-corrected chi connectivity index (χ4v) is 5.05. The Morgan fingerprint density at radius 2 is 1.78 bits per heavy atom. The van der Waals surface area contributed by atoms with Crippen LogP contribution in [0.2, 0.25) is 0 Å². The third kappa shape index (κ3) is 7.54. The van der Waals surface area contributed by atoms with E-state index in [0.29, 0.717) is 13.2 Å². The standard InChI is InChI=1S/C27H40N4O5/c1-27(2,35)24-25(33)30-18-22(32)28-15-9-13-19-10-7-8-14-21(19)36-17-16-29-23(26(34)31(24)3)20-11-5-4-6-12-20/h7-10,13-14,20,23-24,29,35H,4-6,11-12,15-18H2,1-3H3,(H,28,32)(H,30,33)/b13-9+. The minimum Gasteiger partial charge on any atom is -0.492 e. The second kappa shape index (κ2) is 12.9. The molecule has 1 heterocycles. The number of rotatable bonds is 2. The maximum absolute atomic E-state index is 13.7. The lowest BCUT2D eigenvalue weighted by molar-refractivity contribution is -0.150. The van der Waals surface area contributed by atoms with E-state index in [1.807, 2.05) is 36.4 Å². The lowest BCUT2D eigenvalue weighted by atomic mass is 9.82. The summed E-state index contributed by atoms with van der Waals surface area (Å²) in [6, 6.07) is 5.97. The van der Waals surface area contributed by atoms with Gasteiger partial charge in [0, 0.05) is 25.7 Å². The topological polar surface area (TPSA) is 120 Å². The van der Waals surface area contributed by atoms with Crippen molar-refractivity contribution in [2.75, 3.05) is 33.3 Å². The number of nitrogens with zero attached hydrogens (tertiary/aromatic N) is 1. The Hall–Kier alpha value is -2.91. The van der Waals surface area contributed by atoms with Gasteiger partial charge in [0.05, 0.1) is 18.2 Å². The number of fused-ring (bicyclic) bond motifs is 1. The molecule has 0 spiro atoms. The molecule has 1 aromatic carbocycles. The summed E-state index contributed by atoms with van der Waals surface area (Å²) in [6.45, 7) is 3.82. The highest BCUT2D eigenvalue weighted by Gasteiger charge is 2.42. The first kappa shape index (κ1) is 27.7. The van der Waals surface area contributed by atoms with E-state index in [1.165, 1.54) is 25.8 Å². The van der Waals surface area contributed by atoms with Gasteiger partial charge in [-0.05, 0) is 38.7 Å². The number of carbonyl (C=O) groups is 3. The highest BCUT2D eigenvalue weighted by Crippen LogP contribution is 2.28. The van der Waals surface area contributed by atoms with Crippen molar-refractivity contribution in [3.8, 4) is 5.75 Å². The van der Waals surface area contributed by atoms with Crippen molar-refractivity contribution in [1.82, 2.24) is 20.9 Å². The predicted molar refractivity (Wildman–Crippen MR) is 138 cm³/mol. The molecular weight excluding hydrogens is 460 g/mol. The number of hydrogen-bond acceptors (Lipinski definition) is 6. The molecule has 3 amide bonds. The summed E-state index contributed by atoms with van der Waals surface area (Å²) in [6.07, 6.45) is 8.79. The Morgan fingerprint density at radius 1 is 1.06 bits per heavy atom. The van der Waals surface area contributed by atoms with E-state index in [0.717, 1.165) is 43.4 Å². The molecule has 1 aromatic rings. The van der Waals surface area contributed by atoms with Crippen molar-refractivity contribution in [3.05, 3.63) is 35.9 Å². The van der Waals surface area contributed by atoms with Crippen molar-refractivity contribution in [2.24, 2.45) is 5.92 Å². The molecule has 2 atom stereocenters. The number of carbonyl (C=O) groups excluding carboxylic acids is 3. The van der Waals surface area contributed by atoms with Crippen LogP contribution in [0.3, 0.4) is 0 Å². The minimum absolute atomic E-state index is 0.130. The van der Waals surface area contributed by atoms with Gasteiger partial charge >= 0.3 is 0 Å². The van der Waals surface area contributed by atoms with Crippen molar-refractivity contribution in [2.45, 2.75) is 63.6 Å². The van der Waals surface area contributed by atoms with Gasteiger partial charge in [0.25, 0.3) is 0 Å². The van der Waals surface area contributed by atoms with E-state index in [9.17, 15) is 19.5 Å². The fourth-order valence-electron chi connectivity index (χ4n) is 5.05. The van der Waals surface area contributed by atoms with E-state index in [2.05, 4.69) is 16.0 Å². The van der Waals surface area contributed by atoms with Crippen LogP contribution >= 0.6 is 0 Å². The van der Waals surface area contributed by atoms with Crippen LogP contribution in [0.15, 0.2) is 30.3 Å². The van der Waals surface area contributed by atoms with Crippen LogP contribution in [-0.4, -0.2) is 78.7 Å². The summed E-state index contributed by atoms with van der Waals surface area (Å²) in [4.78, 5) is 40.4. The molecular formula is C27H40N4O5. The molecule has 0 bridgehead atoms. The average molecular weight is 501 g/mol. The lowest BCUT2D eigenvalue weighted by Gasteiger charge is -2.39. The monoisotopic (exact) mass is 500 g/mol. The van der Waals surface area contributed by atoms with Crippen molar-refractivity contribution >= 4 is 23.8 Å². The summed E-state index contributed by atoms with van der Waals surface area (Å²) in [5.41, 5.74) is -0.632. The quantitative estimate of drug-likeness (QED) is 0.488. The number of hydrogen-bond donors (Lipinski definition) is 4. The van der Waals surface area contributed by atoms with Gasteiger partial charge < -0.3 is 30.7 Å². The number of likely N-dealkylation sites (N-methyl/N-ethyl adjacent to an activating group) is 1. The van der Waals surface area contributed by atoms with E-state index in [4.69, 9.17) is 4.74 Å². The summed E-state index contributed by atoms with van der Waals surface area (Å²) >= 11 is 0. The smallest absolute Gasteiger partial charge is 0.246 e. The number of ether oxygens (including phenoxy) is 1. The Labute approximate surface area is 213 Å². The second-order valence-corrected chi connectivity index (χ2v) is 10.1. The third-order valence-electron chi connectivity index (χ3n) is 6.82. The number of para-hydroxylation sites is 1. The first-order valence-corrected chi connectivity index (χ1v) is 12.8. The zero-order chi connectivity index (χ0) is 26.1. The maximum atomic E-state index is 13.7. The fraction of sp³-hybridized carbons (Fsp3) is 0.593. The maximum Gasteiger partial charge on any atom is 0.246 e. The Kier molecular flexibility index (Phi) is 9.89. The zero-order valence-corrected chi connectivity index (χ0v) is 21.6. The van der Waals surface area contributed by atoms with Crippen LogP contribution in [0.25, 0.3) is 6.08 Å². The van der Waals surface area contributed by atoms with Gasteiger partial charge in [0.2, 0.25) is 17.7 Å². The zero-order valence-electron chi connectivity index (χ0n) is 21.6. The van der Waals surface area contributed by atoms with Gasteiger partial charge in [-0.2, -0.15) is 0 Å². The highest BCUT2D eigenvalue weighted by atomic mass is 16.5. The number of aliphatic hydroxyl groups is 1. The summed E-state index contributed by atoms with van der Waals surface area (Å²) in [5, 5.41) is 19.5. The molecule has 3 rings (SSSR count). The van der Waals surface area contributed by atoms with Gasteiger partial charge in [-0.1, -0.05) is 49.6 Å². The average Bonchev–Trinajstić information content (AvgIpc) is 2.85. The molecule has 0 radical (unpaired) electrons. The molecule has 9 nitrogen and oxygen atoms in total. The number of amides is 3. The Balaban J connectivity index is 1.87. The summed E-state index contributed by atoms with van der Waals surface area (Å²) < 4.78 is 6.01. The SMILES string of the molecule is CN1C(=O)C(C2CCCCC2)NCCOc2ccccc2/C=C/CNC(=O)CNC(=O)C1C(C)(C)O. The molecule has 2 aliphatic rings. The summed E-state index contributed by atoms with van der Waals surface area (Å²) in [7, 11) is 1.54. The van der Waals surface area contributed by atoms with Crippen molar-refractivity contribution in [1.29, 1.82) is 0 Å². The molecule has 1 aliphatic heterocycles. The predicted octanol–water partition coefficient (Wildman–Crippen LogP) is 1.46. The molecule has 198 valence electrons. The van der Waals surface area contributed by atoms with Crippen LogP contribution in [0, 0.1) is 5.92 Å². The van der Waals surface area contributed by atoms with E-state index in [-0.39, 0.29) is 30.8 Å². The lowest BCUT2D eigenvalue weighted by Crippen LogP contribution is -2.62. The molecule has 0 aromatic heterocycles. The molecule has 0 saturated heterocycles. The van der Waals surface area contributed by atoms with Crippen LogP contribution in [0.5, 0.6) is 5.75 Å². The van der Waals surface area contributed by atoms with Gasteiger partial charge in [0.15, 0.2) is 0 Å². The molecule has 9 heteroatoms. The Bertz CT molecular complexity index is 936. The first-order valence-electron chi connectivity index (χ1n) is 12.8. The number of benzene rings is 1.